The van der Waals surface area contributed by atoms with Crippen molar-refractivity contribution in [2.75, 3.05) is 0 Å². The van der Waals surface area contributed by atoms with Crippen LogP contribution in [0.2, 0.25) is 0 Å². The van der Waals surface area contributed by atoms with Crippen LogP contribution in [0.4, 0.5) is 0 Å². The maximum Gasteiger partial charge on any atom is 0.262 e. The number of aryl methyl sites for hydroxylation is 1. The molecule has 0 fully saturated rings. The van der Waals surface area contributed by atoms with Gasteiger partial charge in [-0.25, -0.2) is 0 Å². The Kier molecular flexibility index (Phi) is 3.05. The summed E-state index contributed by atoms with van der Waals surface area (Å²) < 4.78 is 12.9. The highest BCUT2D eigenvalue weighted by molar-refractivity contribution is 7.00. The summed E-state index contributed by atoms with van der Waals surface area (Å²) in [5, 5.41) is 4.92. The minimum absolute atomic E-state index is 0.0697. The molecule has 0 N–H and O–H groups in total. The third-order valence-corrected chi connectivity index (χ3v) is 6.42. The number of ether oxygens (including phenoxy) is 2. The molecule has 0 spiro atoms. The summed E-state index contributed by atoms with van der Waals surface area (Å²) >= 11 is 0. The topological polar surface area (TPSA) is 18.5 Å². The van der Waals surface area contributed by atoms with Crippen molar-refractivity contribution in [3.05, 3.63) is 90.5 Å². The Hall–Kier alpha value is -3.72. The lowest BCUT2D eigenvalue weighted by Gasteiger charge is -2.34. The minimum atomic E-state index is 0.0697. The van der Waals surface area contributed by atoms with Crippen LogP contribution in [0.15, 0.2) is 84.9 Å². The van der Waals surface area contributed by atoms with Gasteiger partial charge >= 0.3 is 0 Å². The average Bonchev–Trinajstić information content (AvgIpc) is 2.78. The smallest absolute Gasteiger partial charge is 0.262 e. The lowest BCUT2D eigenvalue weighted by molar-refractivity contribution is 0.464. The summed E-state index contributed by atoms with van der Waals surface area (Å²) in [5.74, 6) is 3.67. The van der Waals surface area contributed by atoms with Gasteiger partial charge in [-0.2, -0.15) is 0 Å². The monoisotopic (exact) mass is 384 g/mol. The molecule has 140 valence electrons. The molecule has 0 bridgehead atoms. The van der Waals surface area contributed by atoms with Crippen LogP contribution in [0.5, 0.6) is 23.0 Å². The fourth-order valence-electron chi connectivity index (χ4n) is 5.18. The summed E-state index contributed by atoms with van der Waals surface area (Å²) in [7, 11) is 0. The molecule has 5 aromatic carbocycles. The highest BCUT2D eigenvalue weighted by Gasteiger charge is 2.42. The van der Waals surface area contributed by atoms with Gasteiger partial charge in [-0.15, -0.1) is 0 Å². The molecule has 0 unspecified atom stereocenters. The molecular weight excluding hydrogens is 367 g/mol. The van der Waals surface area contributed by atoms with Gasteiger partial charge in [0.2, 0.25) is 0 Å². The minimum Gasteiger partial charge on any atom is -0.458 e. The van der Waals surface area contributed by atoms with Crippen LogP contribution < -0.4 is 25.9 Å². The fraction of sp³-hybridized carbons (Fsp3) is 0.0370. The Morgan fingerprint density at radius 2 is 1.03 bits per heavy atom. The van der Waals surface area contributed by atoms with Gasteiger partial charge in [0.05, 0.1) is 0 Å². The first-order chi connectivity index (χ1) is 14.8. The van der Waals surface area contributed by atoms with Crippen LogP contribution in [0.1, 0.15) is 5.56 Å². The van der Waals surface area contributed by atoms with Crippen molar-refractivity contribution in [1.82, 2.24) is 0 Å². The fourth-order valence-corrected chi connectivity index (χ4v) is 5.18. The third kappa shape index (κ3) is 2.04. The molecule has 0 aliphatic carbocycles. The molecule has 0 radical (unpaired) electrons. The van der Waals surface area contributed by atoms with E-state index in [0.717, 1.165) is 34.0 Å². The maximum atomic E-state index is 6.46. The van der Waals surface area contributed by atoms with E-state index in [2.05, 4.69) is 91.9 Å². The molecule has 30 heavy (non-hydrogen) atoms. The summed E-state index contributed by atoms with van der Waals surface area (Å²) in [4.78, 5) is 0. The first-order valence-corrected chi connectivity index (χ1v) is 10.3. The Bertz CT molecular complexity index is 1410. The van der Waals surface area contributed by atoms with E-state index in [9.17, 15) is 0 Å². The van der Waals surface area contributed by atoms with E-state index in [-0.39, 0.29) is 6.71 Å². The highest BCUT2D eigenvalue weighted by atomic mass is 16.5. The molecule has 0 atom stereocenters. The predicted octanol–water partition coefficient (Wildman–Crippen LogP) is 5.03. The second-order valence-electron chi connectivity index (χ2n) is 8.21. The molecular formula is C27H17BO2. The number of rotatable bonds is 0. The van der Waals surface area contributed by atoms with Gasteiger partial charge in [0.25, 0.3) is 6.71 Å². The van der Waals surface area contributed by atoms with E-state index in [1.165, 1.54) is 32.5 Å². The normalized spacial score (nSPS) is 13.3. The van der Waals surface area contributed by atoms with E-state index < -0.39 is 0 Å². The summed E-state index contributed by atoms with van der Waals surface area (Å²) in [6.07, 6.45) is 0. The summed E-state index contributed by atoms with van der Waals surface area (Å²) in [6.45, 7) is 2.16. The summed E-state index contributed by atoms with van der Waals surface area (Å²) in [5.41, 5.74) is 4.72. The van der Waals surface area contributed by atoms with Gasteiger partial charge in [0.1, 0.15) is 23.0 Å². The molecule has 7 rings (SSSR count). The number of fused-ring (bicyclic) bond motifs is 8. The van der Waals surface area contributed by atoms with E-state index >= 15 is 0 Å². The van der Waals surface area contributed by atoms with Crippen LogP contribution in [0.3, 0.4) is 0 Å². The molecule has 5 aromatic rings. The zero-order valence-electron chi connectivity index (χ0n) is 16.5. The largest absolute Gasteiger partial charge is 0.458 e. The van der Waals surface area contributed by atoms with Gasteiger partial charge < -0.3 is 9.47 Å². The first kappa shape index (κ1) is 16.1. The average molecular weight is 384 g/mol. The molecule has 0 amide bonds. The SMILES string of the molecule is Cc1cc2c3c(c1)Oc1ccc4ccccc4c1B3c1c(ccc3ccccc13)O2. The Labute approximate surface area is 174 Å². The molecule has 2 nitrogen and oxygen atoms in total. The quantitative estimate of drug-likeness (QED) is 0.342. The molecule has 0 saturated heterocycles. The molecule has 2 heterocycles. The van der Waals surface area contributed by atoms with E-state index in [0.29, 0.717) is 0 Å². The van der Waals surface area contributed by atoms with Gasteiger partial charge in [-0.05, 0) is 69.2 Å². The first-order valence-electron chi connectivity index (χ1n) is 10.3. The Morgan fingerprint density at radius 1 is 0.533 bits per heavy atom. The van der Waals surface area contributed by atoms with Crippen LogP contribution in [-0.4, -0.2) is 6.71 Å². The van der Waals surface area contributed by atoms with Gasteiger partial charge in [-0.1, -0.05) is 60.7 Å². The maximum absolute atomic E-state index is 6.46. The number of benzene rings is 5. The van der Waals surface area contributed by atoms with E-state index in [1.54, 1.807) is 0 Å². The Balaban J connectivity index is 1.67. The van der Waals surface area contributed by atoms with E-state index in [1.807, 2.05) is 0 Å². The molecule has 2 aliphatic rings. The van der Waals surface area contributed by atoms with Gasteiger partial charge in [-0.3, -0.25) is 0 Å². The van der Waals surface area contributed by atoms with Gasteiger partial charge in [0.15, 0.2) is 0 Å². The summed E-state index contributed by atoms with van der Waals surface area (Å²) in [6, 6.07) is 29.9. The standard InChI is InChI=1S/C27H17BO2/c1-16-14-23-27-24(15-16)30-22-13-11-18-7-3-5-9-20(18)26(22)28(27)25-19-8-4-2-6-17(19)10-12-21(25)29-23/h2-15H,1H3. The lowest BCUT2D eigenvalue weighted by atomic mass is 9.33. The zero-order valence-corrected chi connectivity index (χ0v) is 16.5. The highest BCUT2D eigenvalue weighted by Crippen LogP contribution is 2.38. The molecule has 0 aromatic heterocycles. The van der Waals surface area contributed by atoms with Gasteiger partial charge in [0, 0.05) is 5.46 Å². The van der Waals surface area contributed by atoms with Crippen molar-refractivity contribution in [2.24, 2.45) is 0 Å². The molecule has 3 heteroatoms. The molecule has 0 saturated carbocycles. The van der Waals surface area contributed by atoms with Crippen molar-refractivity contribution >= 4 is 44.6 Å². The molecule has 2 aliphatic heterocycles. The zero-order chi connectivity index (χ0) is 19.8. The number of hydrogen-bond donors (Lipinski definition) is 0. The van der Waals surface area contributed by atoms with Crippen molar-refractivity contribution in [1.29, 1.82) is 0 Å². The predicted molar refractivity (Wildman–Crippen MR) is 124 cm³/mol. The van der Waals surface area contributed by atoms with Crippen LogP contribution in [0, 0.1) is 6.92 Å². The van der Waals surface area contributed by atoms with Crippen molar-refractivity contribution < 1.29 is 9.47 Å². The van der Waals surface area contributed by atoms with Crippen molar-refractivity contribution in [3.8, 4) is 23.0 Å². The van der Waals surface area contributed by atoms with Crippen LogP contribution in [-0.2, 0) is 0 Å². The van der Waals surface area contributed by atoms with Crippen molar-refractivity contribution in [2.45, 2.75) is 6.92 Å². The van der Waals surface area contributed by atoms with Crippen molar-refractivity contribution in [3.63, 3.8) is 0 Å². The van der Waals surface area contributed by atoms with Crippen LogP contribution >= 0.6 is 0 Å². The second kappa shape index (κ2) is 5.67. The van der Waals surface area contributed by atoms with Crippen LogP contribution in [0.25, 0.3) is 21.5 Å². The lowest BCUT2D eigenvalue weighted by Crippen LogP contribution is -2.57. The second-order valence-corrected chi connectivity index (χ2v) is 8.21. The van der Waals surface area contributed by atoms with E-state index in [4.69, 9.17) is 9.47 Å². The number of hydrogen-bond acceptors (Lipinski definition) is 2. The Morgan fingerprint density at radius 3 is 1.57 bits per heavy atom. The third-order valence-electron chi connectivity index (χ3n) is 6.42.